The molecule has 0 bridgehead atoms. The summed E-state index contributed by atoms with van der Waals surface area (Å²) in [5, 5.41) is 6.77. The molecule has 1 aromatic heterocycles. The standard InChI is InChI=1S/C22H25N3O4/c1-5-18(28-19-12-14(2)6-7-15(19)3)22(26)23-13-20-24-21(25-29-20)16-8-10-17(27-4)11-9-16/h6-12,18H,5,13H2,1-4H3,(H,23,26)/t18-/m0/s1. The van der Waals surface area contributed by atoms with Gasteiger partial charge in [-0.1, -0.05) is 24.2 Å². The predicted octanol–water partition coefficient (Wildman–Crippen LogP) is 3.84. The Morgan fingerprint density at radius 1 is 1.17 bits per heavy atom. The summed E-state index contributed by atoms with van der Waals surface area (Å²) in [6.45, 7) is 5.99. The fourth-order valence-corrected chi connectivity index (χ4v) is 2.77. The number of rotatable bonds is 8. The number of aromatic nitrogens is 2. The number of hydrogen-bond donors (Lipinski definition) is 1. The number of hydrogen-bond acceptors (Lipinski definition) is 6. The maximum Gasteiger partial charge on any atom is 0.261 e. The molecule has 0 fully saturated rings. The summed E-state index contributed by atoms with van der Waals surface area (Å²) in [6.07, 6.45) is -0.0559. The van der Waals surface area contributed by atoms with Gasteiger partial charge in [-0.25, -0.2) is 0 Å². The Hall–Kier alpha value is -3.35. The van der Waals surface area contributed by atoms with Crippen LogP contribution in [0.15, 0.2) is 47.0 Å². The SMILES string of the molecule is CC[C@H](Oc1cc(C)ccc1C)C(=O)NCc1nc(-c2ccc(OC)cc2)no1. The zero-order chi connectivity index (χ0) is 20.8. The molecule has 1 amide bonds. The molecule has 2 aromatic carbocycles. The Bertz CT molecular complexity index is 966. The maximum atomic E-state index is 12.6. The molecule has 29 heavy (non-hydrogen) atoms. The molecule has 0 unspecified atom stereocenters. The van der Waals surface area contributed by atoms with Crippen LogP contribution in [-0.4, -0.2) is 29.3 Å². The van der Waals surface area contributed by atoms with Gasteiger partial charge < -0.3 is 19.3 Å². The molecule has 0 saturated heterocycles. The highest BCUT2D eigenvalue weighted by molar-refractivity contribution is 5.81. The third-order valence-electron chi connectivity index (χ3n) is 4.51. The topological polar surface area (TPSA) is 86.5 Å². The van der Waals surface area contributed by atoms with Crippen molar-refractivity contribution in [2.75, 3.05) is 7.11 Å². The van der Waals surface area contributed by atoms with Crippen molar-refractivity contribution in [1.29, 1.82) is 0 Å². The molecule has 3 rings (SSSR count). The molecule has 0 saturated carbocycles. The van der Waals surface area contributed by atoms with Crippen molar-refractivity contribution in [3.63, 3.8) is 0 Å². The minimum atomic E-state index is -0.598. The van der Waals surface area contributed by atoms with Gasteiger partial charge >= 0.3 is 0 Å². The fraction of sp³-hybridized carbons (Fsp3) is 0.318. The highest BCUT2D eigenvalue weighted by Crippen LogP contribution is 2.22. The molecule has 1 heterocycles. The van der Waals surface area contributed by atoms with Crippen LogP contribution in [0.1, 0.15) is 30.4 Å². The van der Waals surface area contributed by atoms with E-state index in [4.69, 9.17) is 14.0 Å². The van der Waals surface area contributed by atoms with E-state index in [1.165, 1.54) is 0 Å². The summed E-state index contributed by atoms with van der Waals surface area (Å²) in [7, 11) is 1.61. The van der Waals surface area contributed by atoms with E-state index < -0.39 is 6.10 Å². The Labute approximate surface area is 170 Å². The Morgan fingerprint density at radius 2 is 1.93 bits per heavy atom. The van der Waals surface area contributed by atoms with Crippen LogP contribution >= 0.6 is 0 Å². The van der Waals surface area contributed by atoms with E-state index in [0.29, 0.717) is 23.9 Å². The number of nitrogens with zero attached hydrogens (tertiary/aromatic N) is 2. The van der Waals surface area contributed by atoms with Crippen molar-refractivity contribution in [1.82, 2.24) is 15.5 Å². The second-order valence-corrected chi connectivity index (χ2v) is 6.74. The first-order valence-electron chi connectivity index (χ1n) is 9.48. The molecule has 7 nitrogen and oxygen atoms in total. The van der Waals surface area contributed by atoms with Gasteiger partial charge in [0.1, 0.15) is 11.5 Å². The first-order chi connectivity index (χ1) is 14.0. The average molecular weight is 395 g/mol. The van der Waals surface area contributed by atoms with Crippen LogP contribution < -0.4 is 14.8 Å². The lowest BCUT2D eigenvalue weighted by molar-refractivity contribution is -0.128. The van der Waals surface area contributed by atoms with Crippen LogP contribution in [0.2, 0.25) is 0 Å². The average Bonchev–Trinajstić information content (AvgIpc) is 3.21. The molecule has 1 N–H and O–H groups in total. The van der Waals surface area contributed by atoms with Gasteiger partial charge in [0.2, 0.25) is 11.7 Å². The number of aryl methyl sites for hydroxylation is 2. The van der Waals surface area contributed by atoms with Crippen LogP contribution in [0.25, 0.3) is 11.4 Å². The monoisotopic (exact) mass is 395 g/mol. The van der Waals surface area contributed by atoms with Crippen LogP contribution in [0, 0.1) is 13.8 Å². The minimum absolute atomic E-state index is 0.134. The Morgan fingerprint density at radius 3 is 2.62 bits per heavy atom. The van der Waals surface area contributed by atoms with Gasteiger partial charge in [0.15, 0.2) is 6.10 Å². The summed E-state index contributed by atoms with van der Waals surface area (Å²) in [4.78, 5) is 16.9. The third kappa shape index (κ3) is 5.13. The van der Waals surface area contributed by atoms with E-state index in [0.717, 1.165) is 22.4 Å². The molecule has 1 atom stereocenters. The largest absolute Gasteiger partial charge is 0.497 e. The van der Waals surface area contributed by atoms with Crippen molar-refractivity contribution >= 4 is 5.91 Å². The molecule has 0 aliphatic carbocycles. The molecular weight excluding hydrogens is 370 g/mol. The number of amides is 1. The van der Waals surface area contributed by atoms with Gasteiger partial charge in [0.05, 0.1) is 13.7 Å². The van der Waals surface area contributed by atoms with Gasteiger partial charge in [-0.3, -0.25) is 4.79 Å². The van der Waals surface area contributed by atoms with Crippen molar-refractivity contribution in [3.05, 3.63) is 59.5 Å². The Balaban J connectivity index is 1.60. The zero-order valence-corrected chi connectivity index (χ0v) is 17.1. The molecule has 0 spiro atoms. The molecule has 3 aromatic rings. The number of nitrogens with one attached hydrogen (secondary N) is 1. The van der Waals surface area contributed by atoms with Crippen LogP contribution in [0.5, 0.6) is 11.5 Å². The molecule has 0 radical (unpaired) electrons. The fourth-order valence-electron chi connectivity index (χ4n) is 2.77. The third-order valence-corrected chi connectivity index (χ3v) is 4.51. The van der Waals surface area contributed by atoms with E-state index in [1.54, 1.807) is 7.11 Å². The lowest BCUT2D eigenvalue weighted by atomic mass is 10.1. The molecule has 0 aliphatic rings. The normalized spacial score (nSPS) is 11.7. The first-order valence-corrected chi connectivity index (χ1v) is 9.48. The summed E-state index contributed by atoms with van der Waals surface area (Å²) in [6, 6.07) is 13.3. The van der Waals surface area contributed by atoms with E-state index in [9.17, 15) is 4.79 Å². The van der Waals surface area contributed by atoms with Gasteiger partial charge in [-0.15, -0.1) is 0 Å². The maximum absolute atomic E-state index is 12.6. The Kier molecular flexibility index (Phi) is 6.49. The molecular formula is C22H25N3O4. The predicted molar refractivity (Wildman–Crippen MR) is 109 cm³/mol. The molecule has 0 aliphatic heterocycles. The van der Waals surface area contributed by atoms with Crippen molar-refractivity contribution in [2.24, 2.45) is 0 Å². The van der Waals surface area contributed by atoms with Crippen LogP contribution in [0.4, 0.5) is 0 Å². The zero-order valence-electron chi connectivity index (χ0n) is 17.1. The highest BCUT2D eigenvalue weighted by Gasteiger charge is 2.20. The lowest BCUT2D eigenvalue weighted by Crippen LogP contribution is -2.37. The van der Waals surface area contributed by atoms with E-state index >= 15 is 0 Å². The number of benzene rings is 2. The summed E-state index contributed by atoms with van der Waals surface area (Å²) >= 11 is 0. The minimum Gasteiger partial charge on any atom is -0.497 e. The second-order valence-electron chi connectivity index (χ2n) is 6.74. The highest BCUT2D eigenvalue weighted by atomic mass is 16.5. The van der Waals surface area contributed by atoms with E-state index in [-0.39, 0.29) is 12.5 Å². The second kappa shape index (κ2) is 9.23. The van der Waals surface area contributed by atoms with Gasteiger partial charge in [-0.2, -0.15) is 4.98 Å². The van der Waals surface area contributed by atoms with Crippen molar-refractivity contribution in [3.8, 4) is 22.9 Å². The summed E-state index contributed by atoms with van der Waals surface area (Å²) < 4.78 is 16.3. The molecule has 152 valence electrons. The quantitative estimate of drug-likeness (QED) is 0.624. The van der Waals surface area contributed by atoms with Gasteiger partial charge in [-0.05, 0) is 61.7 Å². The van der Waals surface area contributed by atoms with Gasteiger partial charge in [0, 0.05) is 5.56 Å². The molecule has 7 heteroatoms. The van der Waals surface area contributed by atoms with Crippen molar-refractivity contribution in [2.45, 2.75) is 39.8 Å². The van der Waals surface area contributed by atoms with E-state index in [2.05, 4.69) is 15.5 Å². The van der Waals surface area contributed by atoms with E-state index in [1.807, 2.05) is 63.2 Å². The smallest absolute Gasteiger partial charge is 0.261 e. The number of ether oxygens (including phenoxy) is 2. The lowest BCUT2D eigenvalue weighted by Gasteiger charge is -2.18. The number of methoxy groups -OCH3 is 1. The number of carbonyl (C=O) groups excluding carboxylic acids is 1. The first kappa shape index (κ1) is 20.4. The van der Waals surface area contributed by atoms with Gasteiger partial charge in [0.25, 0.3) is 5.91 Å². The summed E-state index contributed by atoms with van der Waals surface area (Å²) in [5.41, 5.74) is 2.87. The van der Waals surface area contributed by atoms with Crippen LogP contribution in [-0.2, 0) is 11.3 Å². The van der Waals surface area contributed by atoms with Crippen LogP contribution in [0.3, 0.4) is 0 Å². The van der Waals surface area contributed by atoms with Crippen molar-refractivity contribution < 1.29 is 18.8 Å². The number of carbonyl (C=O) groups is 1. The summed E-state index contributed by atoms with van der Waals surface area (Å²) in [5.74, 6) is 2.02.